The molecular formula is C15H21NO4. The molecule has 1 aromatic rings. The molecule has 1 aromatic carbocycles. The number of likely N-dealkylation sites (tertiary alicyclic amines) is 1. The number of carbonyl (C=O) groups is 1. The number of benzene rings is 1. The van der Waals surface area contributed by atoms with Gasteiger partial charge in [0.25, 0.3) is 0 Å². The minimum Gasteiger partial charge on any atom is -0.493 e. The van der Waals surface area contributed by atoms with Gasteiger partial charge >= 0.3 is 5.97 Å². The lowest BCUT2D eigenvalue weighted by Crippen LogP contribution is -2.50. The molecule has 2 rings (SSSR count). The molecule has 1 atom stereocenters. The Hall–Kier alpha value is -1.75. The van der Waals surface area contributed by atoms with Gasteiger partial charge in [0, 0.05) is 25.2 Å². The van der Waals surface area contributed by atoms with E-state index in [0.29, 0.717) is 0 Å². The first-order chi connectivity index (χ1) is 9.56. The SMILES string of the molecule is COc1cccc(CN2CC(C(C)C(=O)O)C2)c1OC. The van der Waals surface area contributed by atoms with Gasteiger partial charge in [-0.3, -0.25) is 9.69 Å². The van der Waals surface area contributed by atoms with Crippen LogP contribution in [0.5, 0.6) is 11.5 Å². The third kappa shape index (κ3) is 2.88. The van der Waals surface area contributed by atoms with Crippen molar-refractivity contribution in [1.82, 2.24) is 4.90 Å². The average Bonchev–Trinajstić information content (AvgIpc) is 2.40. The Morgan fingerprint density at radius 1 is 1.40 bits per heavy atom. The van der Waals surface area contributed by atoms with Crippen LogP contribution < -0.4 is 9.47 Å². The molecule has 1 unspecified atom stereocenters. The van der Waals surface area contributed by atoms with Crippen molar-refractivity contribution in [2.75, 3.05) is 27.3 Å². The topological polar surface area (TPSA) is 59.0 Å². The molecule has 0 aliphatic carbocycles. The lowest BCUT2D eigenvalue weighted by atomic mass is 9.87. The highest BCUT2D eigenvalue weighted by Gasteiger charge is 2.34. The summed E-state index contributed by atoms with van der Waals surface area (Å²) in [7, 11) is 3.25. The minimum absolute atomic E-state index is 0.240. The zero-order valence-corrected chi connectivity index (χ0v) is 12.1. The number of carboxylic acids is 1. The lowest BCUT2D eigenvalue weighted by Gasteiger charge is -2.41. The molecule has 5 heteroatoms. The number of nitrogens with zero attached hydrogens (tertiary/aromatic N) is 1. The predicted molar refractivity (Wildman–Crippen MR) is 75.1 cm³/mol. The first-order valence-corrected chi connectivity index (χ1v) is 6.71. The molecule has 0 saturated carbocycles. The van der Waals surface area contributed by atoms with Crippen molar-refractivity contribution in [3.05, 3.63) is 23.8 Å². The summed E-state index contributed by atoms with van der Waals surface area (Å²) < 4.78 is 10.7. The van der Waals surface area contributed by atoms with Crippen LogP contribution in [0.25, 0.3) is 0 Å². The number of hydrogen-bond donors (Lipinski definition) is 1. The van der Waals surface area contributed by atoms with Crippen molar-refractivity contribution in [3.63, 3.8) is 0 Å². The second-order valence-corrected chi connectivity index (χ2v) is 5.23. The molecule has 0 radical (unpaired) electrons. The van der Waals surface area contributed by atoms with Crippen molar-refractivity contribution in [2.45, 2.75) is 13.5 Å². The molecular weight excluding hydrogens is 258 g/mol. The molecule has 1 N–H and O–H groups in total. The fourth-order valence-electron chi connectivity index (χ4n) is 2.58. The van der Waals surface area contributed by atoms with E-state index in [2.05, 4.69) is 4.90 Å². The van der Waals surface area contributed by atoms with Gasteiger partial charge in [0.1, 0.15) is 0 Å². The maximum Gasteiger partial charge on any atom is 0.306 e. The molecule has 1 aliphatic heterocycles. The van der Waals surface area contributed by atoms with Gasteiger partial charge in [-0.05, 0) is 12.0 Å². The molecule has 0 aromatic heterocycles. The Balaban J connectivity index is 1.98. The minimum atomic E-state index is -0.714. The van der Waals surface area contributed by atoms with Gasteiger partial charge < -0.3 is 14.6 Å². The number of methoxy groups -OCH3 is 2. The summed E-state index contributed by atoms with van der Waals surface area (Å²) in [6.07, 6.45) is 0. The van der Waals surface area contributed by atoms with Gasteiger partial charge in [-0.1, -0.05) is 19.1 Å². The van der Waals surface area contributed by atoms with E-state index in [9.17, 15) is 4.79 Å². The summed E-state index contributed by atoms with van der Waals surface area (Å²) in [5.41, 5.74) is 1.06. The highest BCUT2D eigenvalue weighted by atomic mass is 16.5. The van der Waals surface area contributed by atoms with E-state index >= 15 is 0 Å². The van der Waals surface area contributed by atoms with Gasteiger partial charge in [-0.25, -0.2) is 0 Å². The largest absolute Gasteiger partial charge is 0.493 e. The summed E-state index contributed by atoms with van der Waals surface area (Å²) in [6, 6.07) is 5.82. The maximum absolute atomic E-state index is 10.9. The number of carboxylic acid groups (broad SMARTS) is 1. The molecule has 0 amide bonds. The summed E-state index contributed by atoms with van der Waals surface area (Å²) in [4.78, 5) is 13.2. The molecule has 20 heavy (non-hydrogen) atoms. The van der Waals surface area contributed by atoms with Crippen LogP contribution in [0.1, 0.15) is 12.5 Å². The molecule has 1 aliphatic rings. The monoisotopic (exact) mass is 279 g/mol. The normalized spacial score (nSPS) is 17.4. The molecule has 1 saturated heterocycles. The van der Waals surface area contributed by atoms with Crippen molar-refractivity contribution >= 4 is 5.97 Å². The van der Waals surface area contributed by atoms with Crippen molar-refractivity contribution in [2.24, 2.45) is 11.8 Å². The van der Waals surface area contributed by atoms with E-state index < -0.39 is 5.97 Å². The van der Waals surface area contributed by atoms with E-state index in [1.54, 1.807) is 21.1 Å². The number of para-hydroxylation sites is 1. The number of hydrogen-bond acceptors (Lipinski definition) is 4. The molecule has 1 fully saturated rings. The van der Waals surface area contributed by atoms with Crippen LogP contribution in [0.4, 0.5) is 0 Å². The van der Waals surface area contributed by atoms with Crippen molar-refractivity contribution in [1.29, 1.82) is 0 Å². The van der Waals surface area contributed by atoms with Crippen LogP contribution in [0, 0.1) is 11.8 Å². The average molecular weight is 279 g/mol. The van der Waals surface area contributed by atoms with Crippen LogP contribution >= 0.6 is 0 Å². The maximum atomic E-state index is 10.9. The predicted octanol–water partition coefficient (Wildman–Crippen LogP) is 1.86. The lowest BCUT2D eigenvalue weighted by molar-refractivity contribution is -0.145. The summed E-state index contributed by atoms with van der Waals surface area (Å²) in [6.45, 7) is 4.15. The second kappa shape index (κ2) is 6.13. The van der Waals surface area contributed by atoms with E-state index in [4.69, 9.17) is 14.6 Å². The highest BCUT2D eigenvalue weighted by Crippen LogP contribution is 2.33. The number of aliphatic carboxylic acids is 1. The summed E-state index contributed by atoms with van der Waals surface area (Å²) >= 11 is 0. The smallest absolute Gasteiger partial charge is 0.306 e. The van der Waals surface area contributed by atoms with Gasteiger partial charge in [-0.15, -0.1) is 0 Å². The Morgan fingerprint density at radius 2 is 2.10 bits per heavy atom. The highest BCUT2D eigenvalue weighted by molar-refractivity contribution is 5.70. The first-order valence-electron chi connectivity index (χ1n) is 6.71. The van der Waals surface area contributed by atoms with Gasteiger partial charge in [0.05, 0.1) is 20.1 Å². The second-order valence-electron chi connectivity index (χ2n) is 5.23. The van der Waals surface area contributed by atoms with Gasteiger partial charge in [0.15, 0.2) is 11.5 Å². The molecule has 0 bridgehead atoms. The number of rotatable bonds is 6. The standard InChI is InChI=1S/C15H21NO4/c1-10(15(17)18)12-8-16(9-12)7-11-5-4-6-13(19-2)14(11)20-3/h4-6,10,12H,7-9H2,1-3H3,(H,17,18). The molecule has 1 heterocycles. The van der Waals surface area contributed by atoms with Crippen molar-refractivity contribution < 1.29 is 19.4 Å². The van der Waals surface area contributed by atoms with Crippen LogP contribution in [0.3, 0.4) is 0 Å². The van der Waals surface area contributed by atoms with Gasteiger partial charge in [0.2, 0.25) is 0 Å². The van der Waals surface area contributed by atoms with E-state index in [1.165, 1.54) is 0 Å². The molecule has 0 spiro atoms. The summed E-state index contributed by atoms with van der Waals surface area (Å²) in [5.74, 6) is 0.724. The van der Waals surface area contributed by atoms with E-state index in [1.807, 2.05) is 18.2 Å². The Bertz CT molecular complexity index is 483. The zero-order valence-electron chi connectivity index (χ0n) is 12.1. The Labute approximate surface area is 119 Å². The third-order valence-corrected chi connectivity index (χ3v) is 3.96. The summed E-state index contributed by atoms with van der Waals surface area (Å²) in [5, 5.41) is 8.99. The van der Waals surface area contributed by atoms with Crippen molar-refractivity contribution in [3.8, 4) is 11.5 Å². The Morgan fingerprint density at radius 3 is 2.65 bits per heavy atom. The van der Waals surface area contributed by atoms with E-state index in [0.717, 1.165) is 36.7 Å². The quantitative estimate of drug-likeness (QED) is 0.861. The third-order valence-electron chi connectivity index (χ3n) is 3.96. The Kier molecular flexibility index (Phi) is 4.49. The molecule has 5 nitrogen and oxygen atoms in total. The van der Waals surface area contributed by atoms with Crippen LogP contribution in [-0.4, -0.2) is 43.3 Å². The van der Waals surface area contributed by atoms with Crippen LogP contribution in [-0.2, 0) is 11.3 Å². The van der Waals surface area contributed by atoms with Gasteiger partial charge in [-0.2, -0.15) is 0 Å². The fourth-order valence-corrected chi connectivity index (χ4v) is 2.58. The number of ether oxygens (including phenoxy) is 2. The fraction of sp³-hybridized carbons (Fsp3) is 0.533. The molecule has 110 valence electrons. The van der Waals surface area contributed by atoms with E-state index in [-0.39, 0.29) is 11.8 Å². The first kappa shape index (κ1) is 14.7. The van der Waals surface area contributed by atoms with Crippen LogP contribution in [0.15, 0.2) is 18.2 Å². The van der Waals surface area contributed by atoms with Crippen LogP contribution in [0.2, 0.25) is 0 Å². The zero-order chi connectivity index (χ0) is 14.7.